The van der Waals surface area contributed by atoms with Gasteiger partial charge in [-0.1, -0.05) is 12.1 Å². The third-order valence-electron chi connectivity index (χ3n) is 3.37. The molecular weight excluding hydrogens is 294 g/mol. The van der Waals surface area contributed by atoms with Gasteiger partial charge in [0.25, 0.3) is 0 Å². The summed E-state index contributed by atoms with van der Waals surface area (Å²) in [6.07, 6.45) is 1.52. The summed E-state index contributed by atoms with van der Waals surface area (Å²) in [6.45, 7) is 3.00. The fourth-order valence-corrected chi connectivity index (χ4v) is 1.92. The average molecular weight is 313 g/mol. The van der Waals surface area contributed by atoms with E-state index in [0.717, 1.165) is 11.8 Å². The number of carboxylic acid groups (broad SMARTS) is 1. The van der Waals surface area contributed by atoms with Crippen LogP contribution in [0.3, 0.4) is 0 Å². The van der Waals surface area contributed by atoms with Crippen LogP contribution in [0.15, 0.2) is 24.3 Å². The third kappa shape index (κ3) is 4.29. The SMILES string of the molecule is CC(C)(C(=O)NCCc1ccc(C(=O)O)cc1)S(C)(=O)=O. The molecule has 7 heteroatoms. The number of rotatable bonds is 6. The van der Waals surface area contributed by atoms with Crippen molar-refractivity contribution in [1.82, 2.24) is 5.32 Å². The molecule has 1 aromatic rings. The van der Waals surface area contributed by atoms with Gasteiger partial charge < -0.3 is 10.4 Å². The molecule has 1 amide bonds. The van der Waals surface area contributed by atoms with Gasteiger partial charge in [-0.05, 0) is 38.0 Å². The van der Waals surface area contributed by atoms with Crippen LogP contribution in [-0.2, 0) is 21.1 Å². The van der Waals surface area contributed by atoms with Crippen molar-refractivity contribution in [2.45, 2.75) is 25.0 Å². The highest BCUT2D eigenvalue weighted by Crippen LogP contribution is 2.15. The van der Waals surface area contributed by atoms with Gasteiger partial charge in [-0.15, -0.1) is 0 Å². The molecule has 0 bridgehead atoms. The Balaban J connectivity index is 2.58. The normalized spacial score (nSPS) is 12.0. The van der Waals surface area contributed by atoms with Crippen LogP contribution in [0, 0.1) is 0 Å². The molecular formula is C14H19NO5S. The molecule has 116 valence electrons. The molecule has 0 radical (unpaired) electrons. The minimum Gasteiger partial charge on any atom is -0.478 e. The maximum Gasteiger partial charge on any atom is 0.335 e. The molecule has 0 aliphatic carbocycles. The number of amides is 1. The van der Waals surface area contributed by atoms with Crippen LogP contribution in [0.25, 0.3) is 0 Å². The first-order valence-electron chi connectivity index (χ1n) is 6.36. The predicted octanol–water partition coefficient (Wildman–Crippen LogP) is 0.867. The summed E-state index contributed by atoms with van der Waals surface area (Å²) in [5, 5.41) is 11.4. The molecule has 0 spiro atoms. The zero-order chi connectivity index (χ0) is 16.3. The molecule has 6 nitrogen and oxygen atoms in total. The molecule has 0 aliphatic rings. The van der Waals surface area contributed by atoms with E-state index in [-0.39, 0.29) is 12.1 Å². The fraction of sp³-hybridized carbons (Fsp3) is 0.429. The second-order valence-electron chi connectivity index (χ2n) is 5.29. The number of carboxylic acids is 1. The van der Waals surface area contributed by atoms with Gasteiger partial charge in [0.15, 0.2) is 9.84 Å². The highest BCUT2D eigenvalue weighted by Gasteiger charge is 2.38. The Labute approximate surface area is 124 Å². The van der Waals surface area contributed by atoms with Crippen molar-refractivity contribution >= 4 is 21.7 Å². The number of carbonyl (C=O) groups is 2. The van der Waals surface area contributed by atoms with Crippen LogP contribution in [0.1, 0.15) is 29.8 Å². The van der Waals surface area contributed by atoms with Crippen LogP contribution < -0.4 is 5.32 Å². The van der Waals surface area contributed by atoms with Crippen molar-refractivity contribution in [3.05, 3.63) is 35.4 Å². The van der Waals surface area contributed by atoms with Crippen molar-refractivity contribution in [2.24, 2.45) is 0 Å². The standard InChI is InChI=1S/C14H19NO5S/c1-14(2,21(3,19)20)13(18)15-9-8-10-4-6-11(7-5-10)12(16)17/h4-7H,8-9H2,1-3H3,(H,15,18)(H,16,17). The van der Waals surface area contributed by atoms with E-state index < -0.39 is 26.5 Å². The van der Waals surface area contributed by atoms with Crippen LogP contribution >= 0.6 is 0 Å². The van der Waals surface area contributed by atoms with E-state index in [0.29, 0.717) is 6.42 Å². The molecule has 0 aromatic heterocycles. The number of aromatic carboxylic acids is 1. The first-order chi connectivity index (χ1) is 9.55. The molecule has 0 saturated heterocycles. The van der Waals surface area contributed by atoms with Gasteiger partial charge in [0.05, 0.1) is 5.56 Å². The number of carbonyl (C=O) groups excluding carboxylic acids is 1. The minimum atomic E-state index is -3.49. The highest BCUT2D eigenvalue weighted by molar-refractivity contribution is 7.92. The van der Waals surface area contributed by atoms with Gasteiger partial charge in [-0.3, -0.25) is 4.79 Å². The lowest BCUT2D eigenvalue weighted by Crippen LogP contribution is -2.48. The second kappa shape index (κ2) is 6.26. The smallest absolute Gasteiger partial charge is 0.335 e. The summed E-state index contributed by atoms with van der Waals surface area (Å²) in [4.78, 5) is 22.6. The molecule has 0 atom stereocenters. The van der Waals surface area contributed by atoms with Gasteiger partial charge in [-0.2, -0.15) is 0 Å². The largest absolute Gasteiger partial charge is 0.478 e. The maximum absolute atomic E-state index is 11.9. The van der Waals surface area contributed by atoms with Crippen molar-refractivity contribution in [2.75, 3.05) is 12.8 Å². The molecule has 0 heterocycles. The Bertz CT molecular complexity index is 632. The molecule has 0 aliphatic heterocycles. The summed E-state index contributed by atoms with van der Waals surface area (Å²) in [5.74, 6) is -1.54. The van der Waals surface area contributed by atoms with Crippen molar-refractivity contribution < 1.29 is 23.1 Å². The molecule has 21 heavy (non-hydrogen) atoms. The Morgan fingerprint density at radius 1 is 1.19 bits per heavy atom. The average Bonchev–Trinajstić information content (AvgIpc) is 2.37. The Morgan fingerprint density at radius 2 is 1.71 bits per heavy atom. The van der Waals surface area contributed by atoms with E-state index >= 15 is 0 Å². The number of nitrogens with one attached hydrogen (secondary N) is 1. The van der Waals surface area contributed by atoms with Crippen LogP contribution in [0.5, 0.6) is 0 Å². The van der Waals surface area contributed by atoms with Crippen LogP contribution in [0.4, 0.5) is 0 Å². The van der Waals surface area contributed by atoms with Crippen molar-refractivity contribution in [1.29, 1.82) is 0 Å². The number of benzene rings is 1. The fourth-order valence-electron chi connectivity index (χ4n) is 1.52. The quantitative estimate of drug-likeness (QED) is 0.811. The van der Waals surface area contributed by atoms with E-state index in [1.807, 2.05) is 0 Å². The first kappa shape index (κ1) is 17.2. The molecule has 1 aromatic carbocycles. The van der Waals surface area contributed by atoms with Crippen molar-refractivity contribution in [3.63, 3.8) is 0 Å². The monoisotopic (exact) mass is 313 g/mol. The lowest BCUT2D eigenvalue weighted by molar-refractivity contribution is -0.122. The van der Waals surface area contributed by atoms with E-state index in [9.17, 15) is 18.0 Å². The topological polar surface area (TPSA) is 101 Å². The lowest BCUT2D eigenvalue weighted by atomic mass is 10.1. The second-order valence-corrected chi connectivity index (χ2v) is 7.86. The minimum absolute atomic E-state index is 0.195. The first-order valence-corrected chi connectivity index (χ1v) is 8.25. The molecule has 0 unspecified atom stereocenters. The van der Waals surface area contributed by atoms with Gasteiger partial charge >= 0.3 is 5.97 Å². The van der Waals surface area contributed by atoms with Gasteiger partial charge in [0.2, 0.25) is 5.91 Å². The van der Waals surface area contributed by atoms with E-state index in [1.54, 1.807) is 12.1 Å². The number of hydrogen-bond donors (Lipinski definition) is 2. The molecule has 0 fully saturated rings. The van der Waals surface area contributed by atoms with Crippen LogP contribution in [0.2, 0.25) is 0 Å². The third-order valence-corrected chi connectivity index (χ3v) is 5.41. The number of sulfone groups is 1. The van der Waals surface area contributed by atoms with Crippen molar-refractivity contribution in [3.8, 4) is 0 Å². The van der Waals surface area contributed by atoms with E-state index in [1.165, 1.54) is 26.0 Å². The Kier molecular flexibility index (Phi) is 5.11. The molecule has 0 saturated carbocycles. The highest BCUT2D eigenvalue weighted by atomic mass is 32.2. The number of hydrogen-bond acceptors (Lipinski definition) is 4. The Morgan fingerprint density at radius 3 is 2.14 bits per heavy atom. The zero-order valence-corrected chi connectivity index (χ0v) is 13.0. The maximum atomic E-state index is 11.9. The summed E-state index contributed by atoms with van der Waals surface area (Å²) >= 11 is 0. The molecule has 1 rings (SSSR count). The van der Waals surface area contributed by atoms with Gasteiger partial charge in [0.1, 0.15) is 4.75 Å². The summed E-state index contributed by atoms with van der Waals surface area (Å²) in [5.41, 5.74) is 1.05. The van der Waals surface area contributed by atoms with Gasteiger partial charge in [-0.25, -0.2) is 13.2 Å². The van der Waals surface area contributed by atoms with Crippen LogP contribution in [-0.4, -0.2) is 42.9 Å². The zero-order valence-electron chi connectivity index (χ0n) is 12.2. The Hall–Kier alpha value is -1.89. The summed E-state index contributed by atoms with van der Waals surface area (Å²) in [6, 6.07) is 6.30. The van der Waals surface area contributed by atoms with E-state index in [2.05, 4.69) is 5.32 Å². The lowest BCUT2D eigenvalue weighted by Gasteiger charge is -2.21. The summed E-state index contributed by atoms with van der Waals surface area (Å²) in [7, 11) is -3.49. The predicted molar refractivity (Wildman–Crippen MR) is 79.0 cm³/mol. The summed E-state index contributed by atoms with van der Waals surface area (Å²) < 4.78 is 21.6. The molecule has 2 N–H and O–H groups in total. The van der Waals surface area contributed by atoms with E-state index in [4.69, 9.17) is 5.11 Å². The van der Waals surface area contributed by atoms with Gasteiger partial charge in [0, 0.05) is 12.8 Å².